The molecule has 2 fully saturated rings. The van der Waals surface area contributed by atoms with E-state index >= 15 is 0 Å². The SMILES string of the molecule is O=C(N[C@@H](CCN1CCN(Cc2cnco2)[C@@H](CCN(CCCCN2C(=O)c3ccccc3C2=O)[C@H]2CCCc3cccnc32)C1)c1ccccc1)C1CCC(F)(F)CC1. The van der Waals surface area contributed by atoms with Gasteiger partial charge in [-0.25, -0.2) is 13.8 Å². The number of rotatable bonds is 17. The molecular weight excluding hydrogens is 765 g/mol. The molecule has 2 aromatic carbocycles. The smallest absolute Gasteiger partial charge is 0.261 e. The quantitative estimate of drug-likeness (QED) is 0.0856. The molecule has 1 saturated carbocycles. The first-order valence-corrected chi connectivity index (χ1v) is 21.9. The lowest BCUT2D eigenvalue weighted by molar-refractivity contribution is -0.130. The highest BCUT2D eigenvalue weighted by molar-refractivity contribution is 6.21. The Kier molecular flexibility index (Phi) is 13.4. The maximum absolute atomic E-state index is 13.9. The number of carbonyl (C=O) groups excluding carboxylic acids is 3. The Balaban J connectivity index is 0.938. The van der Waals surface area contributed by atoms with Crippen LogP contribution >= 0.6 is 0 Å². The lowest BCUT2D eigenvalue weighted by Crippen LogP contribution is -2.54. The molecule has 2 aliphatic heterocycles. The third-order valence-corrected chi connectivity index (χ3v) is 13.2. The number of carbonyl (C=O) groups is 3. The van der Waals surface area contributed by atoms with Gasteiger partial charge in [-0.3, -0.25) is 34.1 Å². The molecule has 1 saturated heterocycles. The fourth-order valence-corrected chi connectivity index (χ4v) is 9.78. The van der Waals surface area contributed by atoms with E-state index in [4.69, 9.17) is 9.40 Å². The number of hydrogen-bond donors (Lipinski definition) is 1. The minimum atomic E-state index is -2.68. The fourth-order valence-electron chi connectivity index (χ4n) is 9.78. The number of halogens is 2. The van der Waals surface area contributed by atoms with Crippen molar-refractivity contribution in [2.24, 2.45) is 5.92 Å². The van der Waals surface area contributed by atoms with Crippen LogP contribution in [0, 0.1) is 5.92 Å². The van der Waals surface area contributed by atoms with Crippen LogP contribution in [0.4, 0.5) is 8.78 Å². The number of aryl methyl sites for hydroxylation is 1. The number of fused-ring (bicyclic) bond motifs is 2. The summed E-state index contributed by atoms with van der Waals surface area (Å²) in [6.45, 7) is 6.04. The highest BCUT2D eigenvalue weighted by Gasteiger charge is 2.39. The molecule has 318 valence electrons. The lowest BCUT2D eigenvalue weighted by atomic mass is 9.86. The number of unbranched alkanes of at least 4 members (excludes halogenated alkanes) is 1. The van der Waals surface area contributed by atoms with Crippen LogP contribution in [0.25, 0.3) is 0 Å². The standard InChI is InChI=1S/C47H57F2N7O4/c48-47(49)21-17-36(18-22-47)44(57)52-41(34-10-2-1-3-11-34)20-26-53-28-29-55(32-38-30-50-33-60-38)37(31-53)19-27-54(42-16-8-12-35-13-9-23-51-43(35)42)24-6-7-25-56-45(58)39-14-4-5-15-40(39)46(56)59/h1-5,9-11,13-15,23,30,33,36-37,41-42H,6-8,12,16-22,24-29,31-32H2,(H,52,57)/t37-,41-,42-/m0/s1. The van der Waals surface area contributed by atoms with Gasteiger partial charge in [0.1, 0.15) is 5.76 Å². The molecule has 60 heavy (non-hydrogen) atoms. The number of piperazine rings is 1. The molecule has 3 atom stereocenters. The van der Waals surface area contributed by atoms with Gasteiger partial charge in [-0.05, 0) is 93.7 Å². The van der Waals surface area contributed by atoms with E-state index in [2.05, 4.69) is 31.1 Å². The number of hydrogen-bond acceptors (Lipinski definition) is 9. The molecule has 2 aromatic heterocycles. The molecular formula is C47H57F2N7O4. The summed E-state index contributed by atoms with van der Waals surface area (Å²) in [5.74, 6) is -2.79. The molecule has 4 aliphatic rings. The van der Waals surface area contributed by atoms with Crippen LogP contribution < -0.4 is 5.32 Å². The van der Waals surface area contributed by atoms with Crippen LogP contribution in [-0.4, -0.2) is 105 Å². The van der Waals surface area contributed by atoms with Crippen molar-refractivity contribution in [3.05, 3.63) is 119 Å². The summed E-state index contributed by atoms with van der Waals surface area (Å²) in [7, 11) is 0. The van der Waals surface area contributed by atoms with E-state index in [-0.39, 0.29) is 61.5 Å². The fraction of sp³-hybridized carbons (Fsp3) is 0.511. The van der Waals surface area contributed by atoms with Crippen LogP contribution in [0.5, 0.6) is 0 Å². The van der Waals surface area contributed by atoms with Gasteiger partial charge in [-0.15, -0.1) is 0 Å². The van der Waals surface area contributed by atoms with Crippen molar-refractivity contribution in [3.8, 4) is 0 Å². The predicted octanol–water partition coefficient (Wildman–Crippen LogP) is 7.48. The largest absolute Gasteiger partial charge is 0.447 e. The number of nitrogens with zero attached hydrogens (tertiary/aromatic N) is 6. The van der Waals surface area contributed by atoms with Crippen LogP contribution in [0.15, 0.2) is 89.9 Å². The van der Waals surface area contributed by atoms with E-state index in [0.29, 0.717) is 37.1 Å². The number of nitrogens with one attached hydrogen (secondary N) is 1. The second-order valence-corrected chi connectivity index (χ2v) is 17.1. The van der Waals surface area contributed by atoms with Gasteiger partial charge in [-0.1, -0.05) is 48.5 Å². The summed E-state index contributed by atoms with van der Waals surface area (Å²) in [4.78, 5) is 57.7. The van der Waals surface area contributed by atoms with E-state index in [0.717, 1.165) is 88.4 Å². The van der Waals surface area contributed by atoms with Crippen LogP contribution in [0.3, 0.4) is 0 Å². The molecule has 0 unspecified atom stereocenters. The Labute approximate surface area is 351 Å². The molecule has 4 aromatic rings. The van der Waals surface area contributed by atoms with Gasteiger partial charge in [0.05, 0.1) is 41.6 Å². The van der Waals surface area contributed by atoms with Gasteiger partial charge in [0.2, 0.25) is 11.8 Å². The van der Waals surface area contributed by atoms with Gasteiger partial charge in [0, 0.05) is 70.3 Å². The number of pyridine rings is 1. The van der Waals surface area contributed by atoms with E-state index in [1.165, 1.54) is 16.9 Å². The number of aromatic nitrogens is 2. The van der Waals surface area contributed by atoms with Crippen molar-refractivity contribution in [1.82, 2.24) is 34.9 Å². The predicted molar refractivity (Wildman–Crippen MR) is 223 cm³/mol. The molecule has 13 heteroatoms. The topological polar surface area (TPSA) is 115 Å². The number of oxazole rings is 1. The summed E-state index contributed by atoms with van der Waals surface area (Å²) in [5.41, 5.74) is 4.46. The Bertz CT molecular complexity index is 2020. The van der Waals surface area contributed by atoms with Crippen molar-refractivity contribution in [2.45, 2.75) is 101 Å². The Morgan fingerprint density at radius 3 is 2.43 bits per heavy atom. The lowest BCUT2D eigenvalue weighted by Gasteiger charge is -2.43. The monoisotopic (exact) mass is 821 g/mol. The van der Waals surface area contributed by atoms with Gasteiger partial charge in [0.25, 0.3) is 11.8 Å². The average Bonchev–Trinajstić information content (AvgIpc) is 3.87. The third-order valence-electron chi connectivity index (χ3n) is 13.2. The van der Waals surface area contributed by atoms with Gasteiger partial charge >= 0.3 is 0 Å². The molecule has 0 bridgehead atoms. The first-order valence-electron chi connectivity index (χ1n) is 21.9. The number of amides is 3. The summed E-state index contributed by atoms with van der Waals surface area (Å²) in [6.07, 6.45) is 11.4. The van der Waals surface area contributed by atoms with Crippen molar-refractivity contribution in [3.63, 3.8) is 0 Å². The molecule has 8 rings (SSSR count). The van der Waals surface area contributed by atoms with Gasteiger partial charge < -0.3 is 14.6 Å². The summed E-state index contributed by atoms with van der Waals surface area (Å²) in [5, 5.41) is 3.26. The third kappa shape index (κ3) is 10.0. The number of benzene rings is 2. The van der Waals surface area contributed by atoms with Crippen molar-refractivity contribution in [2.75, 3.05) is 45.8 Å². The molecule has 1 N–H and O–H groups in total. The van der Waals surface area contributed by atoms with Gasteiger partial charge in [0.15, 0.2) is 6.39 Å². The molecule has 0 radical (unpaired) electrons. The first-order chi connectivity index (χ1) is 29.2. The highest BCUT2D eigenvalue weighted by atomic mass is 19.3. The molecule has 2 aliphatic carbocycles. The highest BCUT2D eigenvalue weighted by Crippen LogP contribution is 2.37. The van der Waals surface area contributed by atoms with E-state index in [9.17, 15) is 23.2 Å². The number of alkyl halides is 2. The van der Waals surface area contributed by atoms with Crippen molar-refractivity contribution >= 4 is 17.7 Å². The molecule has 0 spiro atoms. The second kappa shape index (κ2) is 19.2. The Hall–Kier alpha value is -4.85. The normalized spacial score (nSPS) is 21.6. The van der Waals surface area contributed by atoms with Crippen LogP contribution in [-0.2, 0) is 17.8 Å². The zero-order valence-corrected chi connectivity index (χ0v) is 34.4. The zero-order valence-electron chi connectivity index (χ0n) is 34.4. The maximum atomic E-state index is 13.9. The summed E-state index contributed by atoms with van der Waals surface area (Å²) in [6, 6.07) is 21.4. The van der Waals surface area contributed by atoms with Crippen molar-refractivity contribution in [1.29, 1.82) is 0 Å². The van der Waals surface area contributed by atoms with Crippen molar-refractivity contribution < 1.29 is 27.6 Å². The van der Waals surface area contributed by atoms with E-state index in [1.807, 2.05) is 42.6 Å². The molecule has 11 nitrogen and oxygen atoms in total. The summed E-state index contributed by atoms with van der Waals surface area (Å²) < 4.78 is 33.6. The van der Waals surface area contributed by atoms with Crippen LogP contribution in [0.1, 0.15) is 120 Å². The maximum Gasteiger partial charge on any atom is 0.261 e. The zero-order chi connectivity index (χ0) is 41.5. The second-order valence-electron chi connectivity index (χ2n) is 17.1. The van der Waals surface area contributed by atoms with E-state index in [1.54, 1.807) is 30.5 Å². The number of imide groups is 1. The average molecular weight is 822 g/mol. The van der Waals surface area contributed by atoms with Gasteiger partial charge in [-0.2, -0.15) is 0 Å². The first kappa shape index (κ1) is 41.9. The van der Waals surface area contributed by atoms with Crippen LogP contribution in [0.2, 0.25) is 0 Å². The molecule has 3 amide bonds. The summed E-state index contributed by atoms with van der Waals surface area (Å²) >= 11 is 0. The Morgan fingerprint density at radius 1 is 0.917 bits per heavy atom. The molecule has 4 heterocycles. The van der Waals surface area contributed by atoms with E-state index < -0.39 is 11.8 Å². The minimum absolute atomic E-state index is 0.128. The Morgan fingerprint density at radius 2 is 1.68 bits per heavy atom. The minimum Gasteiger partial charge on any atom is -0.447 e.